The molecule has 0 aliphatic heterocycles. The second-order valence-electron chi connectivity index (χ2n) is 6.45. The number of rotatable bonds is 4. The number of amides is 2. The minimum atomic E-state index is -0.257. The average molecular weight is 359 g/mol. The fraction of sp³-hybridized carbons (Fsp3) is 0.136. The van der Waals surface area contributed by atoms with Crippen molar-refractivity contribution in [1.82, 2.24) is 4.98 Å². The maximum absolute atomic E-state index is 12.6. The molecule has 2 aromatic carbocycles. The Balaban J connectivity index is 1.78. The number of hydrogen-bond donors (Lipinski definition) is 2. The standard InChI is InChI=1S/C22H21N3O2/c1-14-10-11-23-13-19(14)22(27)24-18-9-5-8-17(12-18)21(26)25-20-15(2)6-4-7-16(20)3/h4-13H,1-3H3,(H,24,27)(H,25,26). The van der Waals surface area contributed by atoms with Crippen LogP contribution in [0.1, 0.15) is 37.4 Å². The molecule has 27 heavy (non-hydrogen) atoms. The fourth-order valence-corrected chi connectivity index (χ4v) is 2.84. The van der Waals surface area contributed by atoms with Gasteiger partial charge in [-0.15, -0.1) is 0 Å². The number of carbonyl (C=O) groups excluding carboxylic acids is 2. The SMILES string of the molecule is Cc1ccncc1C(=O)Nc1cccc(C(=O)Nc2c(C)cccc2C)c1. The van der Waals surface area contributed by atoms with Crippen LogP contribution in [0.5, 0.6) is 0 Å². The van der Waals surface area contributed by atoms with Gasteiger partial charge < -0.3 is 10.6 Å². The molecule has 3 aromatic rings. The number of aryl methyl sites for hydroxylation is 3. The Bertz CT molecular complexity index is 992. The van der Waals surface area contributed by atoms with Gasteiger partial charge in [-0.05, 0) is 61.7 Å². The molecule has 136 valence electrons. The van der Waals surface area contributed by atoms with Crippen LogP contribution in [0, 0.1) is 20.8 Å². The van der Waals surface area contributed by atoms with E-state index in [4.69, 9.17) is 0 Å². The molecule has 5 heteroatoms. The maximum Gasteiger partial charge on any atom is 0.257 e. The van der Waals surface area contributed by atoms with Crippen LogP contribution in [0.15, 0.2) is 60.9 Å². The zero-order valence-electron chi connectivity index (χ0n) is 15.5. The minimum Gasteiger partial charge on any atom is -0.322 e. The lowest BCUT2D eigenvalue weighted by Crippen LogP contribution is -2.16. The van der Waals surface area contributed by atoms with Crippen molar-refractivity contribution >= 4 is 23.2 Å². The van der Waals surface area contributed by atoms with Gasteiger partial charge in [-0.2, -0.15) is 0 Å². The molecule has 0 fully saturated rings. The van der Waals surface area contributed by atoms with Gasteiger partial charge in [-0.25, -0.2) is 0 Å². The van der Waals surface area contributed by atoms with Crippen molar-refractivity contribution in [2.24, 2.45) is 0 Å². The van der Waals surface area contributed by atoms with Gasteiger partial charge in [-0.3, -0.25) is 14.6 Å². The van der Waals surface area contributed by atoms with E-state index in [0.29, 0.717) is 16.8 Å². The number of anilines is 2. The zero-order valence-corrected chi connectivity index (χ0v) is 15.5. The summed E-state index contributed by atoms with van der Waals surface area (Å²) in [7, 11) is 0. The lowest BCUT2D eigenvalue weighted by molar-refractivity contribution is 0.101. The van der Waals surface area contributed by atoms with E-state index in [1.807, 2.05) is 39.0 Å². The third kappa shape index (κ3) is 4.20. The van der Waals surface area contributed by atoms with Gasteiger partial charge in [0.25, 0.3) is 11.8 Å². The molecule has 0 saturated heterocycles. The largest absolute Gasteiger partial charge is 0.322 e. The van der Waals surface area contributed by atoms with E-state index in [-0.39, 0.29) is 11.8 Å². The zero-order chi connectivity index (χ0) is 19.4. The van der Waals surface area contributed by atoms with E-state index in [9.17, 15) is 9.59 Å². The molecule has 5 nitrogen and oxygen atoms in total. The molecule has 0 saturated carbocycles. The summed E-state index contributed by atoms with van der Waals surface area (Å²) < 4.78 is 0. The molecule has 0 aliphatic carbocycles. The number of hydrogen-bond acceptors (Lipinski definition) is 3. The molecule has 0 bridgehead atoms. The highest BCUT2D eigenvalue weighted by atomic mass is 16.2. The van der Waals surface area contributed by atoms with E-state index < -0.39 is 0 Å². The van der Waals surface area contributed by atoms with Crippen molar-refractivity contribution in [3.05, 3.63) is 88.7 Å². The van der Waals surface area contributed by atoms with Gasteiger partial charge in [0.05, 0.1) is 5.56 Å². The van der Waals surface area contributed by atoms with Gasteiger partial charge in [0.2, 0.25) is 0 Å². The molecular weight excluding hydrogens is 338 g/mol. The fourth-order valence-electron chi connectivity index (χ4n) is 2.84. The Hall–Kier alpha value is -3.47. The van der Waals surface area contributed by atoms with E-state index in [1.54, 1.807) is 36.5 Å². The van der Waals surface area contributed by atoms with Crippen molar-refractivity contribution in [2.75, 3.05) is 10.6 Å². The summed E-state index contributed by atoms with van der Waals surface area (Å²) >= 11 is 0. The predicted octanol–water partition coefficient (Wildman–Crippen LogP) is 4.51. The van der Waals surface area contributed by atoms with Crippen LogP contribution in [0.2, 0.25) is 0 Å². The van der Waals surface area contributed by atoms with Crippen LogP contribution in [0.4, 0.5) is 11.4 Å². The summed E-state index contributed by atoms with van der Waals surface area (Å²) in [6, 6.07) is 14.5. The second-order valence-corrected chi connectivity index (χ2v) is 6.45. The topological polar surface area (TPSA) is 71.1 Å². The van der Waals surface area contributed by atoms with E-state index in [0.717, 1.165) is 22.4 Å². The number of para-hydroxylation sites is 1. The Morgan fingerprint density at radius 1 is 0.815 bits per heavy atom. The van der Waals surface area contributed by atoms with Gasteiger partial charge in [0, 0.05) is 29.3 Å². The lowest BCUT2D eigenvalue weighted by atomic mass is 10.1. The van der Waals surface area contributed by atoms with Crippen molar-refractivity contribution in [2.45, 2.75) is 20.8 Å². The third-order valence-electron chi connectivity index (χ3n) is 4.39. The number of nitrogens with one attached hydrogen (secondary N) is 2. The number of benzene rings is 2. The lowest BCUT2D eigenvalue weighted by Gasteiger charge is -2.12. The molecule has 0 radical (unpaired) electrons. The van der Waals surface area contributed by atoms with Crippen LogP contribution in [0.3, 0.4) is 0 Å². The van der Waals surface area contributed by atoms with Crippen LogP contribution < -0.4 is 10.6 Å². The molecule has 1 heterocycles. The van der Waals surface area contributed by atoms with Crippen LogP contribution in [-0.2, 0) is 0 Å². The Labute approximate surface area is 158 Å². The molecule has 0 unspecified atom stereocenters. The van der Waals surface area contributed by atoms with Gasteiger partial charge >= 0.3 is 0 Å². The molecule has 0 spiro atoms. The second kappa shape index (κ2) is 7.83. The molecule has 2 amide bonds. The van der Waals surface area contributed by atoms with Crippen LogP contribution in [0.25, 0.3) is 0 Å². The summed E-state index contributed by atoms with van der Waals surface area (Å²) in [5.74, 6) is -0.478. The summed E-state index contributed by atoms with van der Waals surface area (Å²) in [4.78, 5) is 29.1. The first-order chi connectivity index (χ1) is 13.0. The number of aromatic nitrogens is 1. The number of carbonyl (C=O) groups is 2. The van der Waals surface area contributed by atoms with Crippen molar-refractivity contribution in [3.63, 3.8) is 0 Å². The molecule has 2 N–H and O–H groups in total. The summed E-state index contributed by atoms with van der Waals surface area (Å²) in [6.45, 7) is 5.76. The van der Waals surface area contributed by atoms with Crippen molar-refractivity contribution < 1.29 is 9.59 Å². The van der Waals surface area contributed by atoms with E-state index in [1.165, 1.54) is 6.20 Å². The minimum absolute atomic E-state index is 0.221. The molecule has 0 aliphatic rings. The van der Waals surface area contributed by atoms with Crippen LogP contribution >= 0.6 is 0 Å². The first-order valence-corrected chi connectivity index (χ1v) is 8.65. The molecule has 1 aromatic heterocycles. The van der Waals surface area contributed by atoms with E-state index >= 15 is 0 Å². The maximum atomic E-state index is 12.6. The first-order valence-electron chi connectivity index (χ1n) is 8.65. The predicted molar refractivity (Wildman–Crippen MR) is 107 cm³/mol. The molecule has 0 atom stereocenters. The summed E-state index contributed by atoms with van der Waals surface area (Å²) in [5.41, 5.74) is 5.17. The Morgan fingerprint density at radius 3 is 2.22 bits per heavy atom. The molecular formula is C22H21N3O2. The summed E-state index contributed by atoms with van der Waals surface area (Å²) in [5, 5.41) is 5.78. The highest BCUT2D eigenvalue weighted by Crippen LogP contribution is 2.21. The normalized spacial score (nSPS) is 10.3. The van der Waals surface area contributed by atoms with Gasteiger partial charge in [0.15, 0.2) is 0 Å². The third-order valence-corrected chi connectivity index (χ3v) is 4.39. The van der Waals surface area contributed by atoms with E-state index in [2.05, 4.69) is 15.6 Å². The molecule has 3 rings (SSSR count). The van der Waals surface area contributed by atoms with Crippen molar-refractivity contribution in [1.29, 1.82) is 0 Å². The quantitative estimate of drug-likeness (QED) is 0.720. The van der Waals surface area contributed by atoms with Crippen molar-refractivity contribution in [3.8, 4) is 0 Å². The average Bonchev–Trinajstić information content (AvgIpc) is 2.65. The smallest absolute Gasteiger partial charge is 0.257 e. The summed E-state index contributed by atoms with van der Waals surface area (Å²) in [6.07, 6.45) is 3.17. The Morgan fingerprint density at radius 2 is 1.52 bits per heavy atom. The Kier molecular flexibility index (Phi) is 5.31. The number of pyridine rings is 1. The van der Waals surface area contributed by atoms with Gasteiger partial charge in [0.1, 0.15) is 0 Å². The monoisotopic (exact) mass is 359 g/mol. The first kappa shape index (κ1) is 18.3. The van der Waals surface area contributed by atoms with Gasteiger partial charge in [-0.1, -0.05) is 24.3 Å². The number of nitrogens with zero attached hydrogens (tertiary/aromatic N) is 1. The highest BCUT2D eigenvalue weighted by molar-refractivity contribution is 6.08. The highest BCUT2D eigenvalue weighted by Gasteiger charge is 2.13. The van der Waals surface area contributed by atoms with Crippen LogP contribution in [-0.4, -0.2) is 16.8 Å².